The van der Waals surface area contributed by atoms with Gasteiger partial charge in [0.2, 0.25) is 6.79 Å². The van der Waals surface area contributed by atoms with E-state index in [1.165, 1.54) is 0 Å². The van der Waals surface area contributed by atoms with Gasteiger partial charge in [-0.3, -0.25) is 4.90 Å². The van der Waals surface area contributed by atoms with Crippen LogP contribution >= 0.6 is 11.6 Å². The molecule has 1 N–H and O–H groups in total. The van der Waals surface area contributed by atoms with Crippen molar-refractivity contribution >= 4 is 11.6 Å². The van der Waals surface area contributed by atoms with E-state index in [1.54, 1.807) is 0 Å². The van der Waals surface area contributed by atoms with Crippen LogP contribution in [-0.4, -0.2) is 50.6 Å². The van der Waals surface area contributed by atoms with E-state index in [1.807, 2.05) is 12.1 Å². The molecule has 116 valence electrons. The zero-order chi connectivity index (χ0) is 14.7. The standard InChI is InChI=1S/C15H21ClN2O3/c1-11(9-18-2-4-19-5-3-18)17-8-12-6-13(16)15-14(7-12)20-10-21-15/h6-7,11,17H,2-5,8-10H2,1H3. The molecule has 1 saturated heterocycles. The molecular weight excluding hydrogens is 292 g/mol. The molecule has 1 aromatic carbocycles. The largest absolute Gasteiger partial charge is 0.454 e. The van der Waals surface area contributed by atoms with Crippen molar-refractivity contribution in [3.05, 3.63) is 22.7 Å². The first-order valence-corrected chi connectivity index (χ1v) is 7.71. The zero-order valence-electron chi connectivity index (χ0n) is 12.2. The molecule has 2 aliphatic rings. The van der Waals surface area contributed by atoms with Crippen molar-refractivity contribution in [2.45, 2.75) is 19.5 Å². The van der Waals surface area contributed by atoms with Gasteiger partial charge in [-0.2, -0.15) is 0 Å². The molecule has 2 aliphatic heterocycles. The maximum absolute atomic E-state index is 6.19. The van der Waals surface area contributed by atoms with Crippen molar-refractivity contribution in [1.82, 2.24) is 10.2 Å². The number of rotatable bonds is 5. The minimum atomic E-state index is 0.249. The third-order valence-electron chi connectivity index (χ3n) is 3.78. The van der Waals surface area contributed by atoms with Crippen LogP contribution in [0.5, 0.6) is 11.5 Å². The van der Waals surface area contributed by atoms with E-state index in [9.17, 15) is 0 Å². The first kappa shape index (κ1) is 14.9. The predicted octanol–water partition coefficient (Wildman–Crippen LogP) is 1.88. The Hall–Kier alpha value is -1.01. The summed E-state index contributed by atoms with van der Waals surface area (Å²) in [5.41, 5.74) is 1.11. The summed E-state index contributed by atoms with van der Waals surface area (Å²) in [6.45, 7) is 7.95. The molecule has 0 amide bonds. The Morgan fingerprint density at radius 1 is 1.29 bits per heavy atom. The van der Waals surface area contributed by atoms with Gasteiger partial charge in [0.05, 0.1) is 18.2 Å². The number of hydrogen-bond acceptors (Lipinski definition) is 5. The highest BCUT2D eigenvalue weighted by molar-refractivity contribution is 6.32. The molecule has 6 heteroatoms. The Morgan fingerprint density at radius 3 is 2.90 bits per heavy atom. The van der Waals surface area contributed by atoms with Crippen molar-refractivity contribution in [2.75, 3.05) is 39.6 Å². The maximum Gasteiger partial charge on any atom is 0.231 e. The van der Waals surface area contributed by atoms with Gasteiger partial charge in [0.1, 0.15) is 0 Å². The fraction of sp³-hybridized carbons (Fsp3) is 0.600. The number of ether oxygens (including phenoxy) is 3. The summed E-state index contributed by atoms with van der Waals surface area (Å²) in [4.78, 5) is 2.42. The molecule has 0 aliphatic carbocycles. The predicted molar refractivity (Wildman–Crippen MR) is 81.1 cm³/mol. The highest BCUT2D eigenvalue weighted by Crippen LogP contribution is 2.39. The molecule has 2 heterocycles. The zero-order valence-corrected chi connectivity index (χ0v) is 13.0. The van der Waals surface area contributed by atoms with E-state index in [0.717, 1.165) is 50.7 Å². The molecule has 5 nitrogen and oxygen atoms in total. The number of fused-ring (bicyclic) bond motifs is 1. The second kappa shape index (κ2) is 6.83. The molecule has 1 fully saturated rings. The van der Waals surface area contributed by atoms with Crippen LogP contribution in [0.1, 0.15) is 12.5 Å². The first-order chi connectivity index (χ1) is 10.2. The number of morpholine rings is 1. The van der Waals surface area contributed by atoms with Crippen molar-refractivity contribution in [2.24, 2.45) is 0 Å². The fourth-order valence-corrected chi connectivity index (χ4v) is 2.94. The van der Waals surface area contributed by atoms with Crippen LogP contribution in [0.2, 0.25) is 5.02 Å². The summed E-state index contributed by atoms with van der Waals surface area (Å²) in [7, 11) is 0. The molecule has 1 aromatic rings. The molecule has 0 bridgehead atoms. The quantitative estimate of drug-likeness (QED) is 0.899. The SMILES string of the molecule is CC(CN1CCOCC1)NCc1cc(Cl)c2c(c1)OCO2. The van der Waals surface area contributed by atoms with Crippen molar-refractivity contribution in [1.29, 1.82) is 0 Å². The summed E-state index contributed by atoms with van der Waals surface area (Å²) in [6, 6.07) is 4.33. The Labute approximate surface area is 130 Å². The minimum Gasteiger partial charge on any atom is -0.454 e. The van der Waals surface area contributed by atoms with Gasteiger partial charge in [0, 0.05) is 32.2 Å². The average Bonchev–Trinajstić information content (AvgIpc) is 2.95. The normalized spacial score (nSPS) is 19.7. The molecule has 0 radical (unpaired) electrons. The molecule has 1 unspecified atom stereocenters. The van der Waals surface area contributed by atoms with Crippen molar-refractivity contribution in [3.8, 4) is 11.5 Å². The van der Waals surface area contributed by atoms with Crippen LogP contribution in [-0.2, 0) is 11.3 Å². The Kier molecular flexibility index (Phi) is 4.85. The summed E-state index contributed by atoms with van der Waals surface area (Å²) in [5.74, 6) is 1.39. The lowest BCUT2D eigenvalue weighted by Gasteiger charge is -2.29. The summed E-state index contributed by atoms with van der Waals surface area (Å²) in [5, 5.41) is 4.14. The van der Waals surface area contributed by atoms with Crippen LogP contribution in [0.4, 0.5) is 0 Å². The topological polar surface area (TPSA) is 43.0 Å². The lowest BCUT2D eigenvalue weighted by molar-refractivity contribution is 0.0343. The maximum atomic E-state index is 6.19. The average molecular weight is 313 g/mol. The van der Waals surface area contributed by atoms with Gasteiger partial charge in [-0.1, -0.05) is 11.6 Å². The van der Waals surface area contributed by atoms with E-state index in [0.29, 0.717) is 16.8 Å². The molecule has 0 spiro atoms. The Morgan fingerprint density at radius 2 is 2.10 bits per heavy atom. The number of halogens is 1. The summed E-state index contributed by atoms with van der Waals surface area (Å²) < 4.78 is 16.1. The van der Waals surface area contributed by atoms with Crippen molar-refractivity contribution in [3.63, 3.8) is 0 Å². The molecule has 0 saturated carbocycles. The first-order valence-electron chi connectivity index (χ1n) is 7.34. The number of nitrogens with one attached hydrogen (secondary N) is 1. The van der Waals surface area contributed by atoms with Gasteiger partial charge >= 0.3 is 0 Å². The molecule has 21 heavy (non-hydrogen) atoms. The van der Waals surface area contributed by atoms with Crippen LogP contribution < -0.4 is 14.8 Å². The van der Waals surface area contributed by atoms with E-state index in [4.69, 9.17) is 25.8 Å². The Bertz CT molecular complexity index is 492. The number of benzene rings is 1. The number of hydrogen-bond donors (Lipinski definition) is 1. The van der Waals surface area contributed by atoms with Gasteiger partial charge in [-0.15, -0.1) is 0 Å². The second-order valence-electron chi connectivity index (χ2n) is 5.51. The van der Waals surface area contributed by atoms with Crippen molar-refractivity contribution < 1.29 is 14.2 Å². The van der Waals surface area contributed by atoms with E-state index in [2.05, 4.69) is 17.1 Å². The van der Waals surface area contributed by atoms with Gasteiger partial charge in [0.25, 0.3) is 0 Å². The Balaban J connectivity index is 1.51. The molecule has 1 atom stereocenters. The van der Waals surface area contributed by atoms with Crippen LogP contribution in [0.3, 0.4) is 0 Å². The lowest BCUT2D eigenvalue weighted by atomic mass is 10.2. The van der Waals surface area contributed by atoms with Gasteiger partial charge < -0.3 is 19.5 Å². The lowest BCUT2D eigenvalue weighted by Crippen LogP contribution is -2.44. The monoisotopic (exact) mass is 312 g/mol. The second-order valence-corrected chi connectivity index (χ2v) is 5.91. The van der Waals surface area contributed by atoms with Gasteiger partial charge in [-0.25, -0.2) is 0 Å². The van der Waals surface area contributed by atoms with Gasteiger partial charge in [-0.05, 0) is 24.6 Å². The molecule has 3 rings (SSSR count). The highest BCUT2D eigenvalue weighted by atomic mass is 35.5. The molecule has 0 aromatic heterocycles. The van der Waals surface area contributed by atoms with E-state index < -0.39 is 0 Å². The highest BCUT2D eigenvalue weighted by Gasteiger charge is 2.18. The van der Waals surface area contributed by atoms with Crippen LogP contribution in [0.25, 0.3) is 0 Å². The smallest absolute Gasteiger partial charge is 0.231 e. The summed E-state index contributed by atoms with van der Waals surface area (Å²) >= 11 is 6.19. The minimum absolute atomic E-state index is 0.249. The number of nitrogens with zero attached hydrogens (tertiary/aromatic N) is 1. The van der Waals surface area contributed by atoms with E-state index >= 15 is 0 Å². The van der Waals surface area contributed by atoms with Crippen LogP contribution in [0.15, 0.2) is 12.1 Å². The third-order valence-corrected chi connectivity index (χ3v) is 4.06. The van der Waals surface area contributed by atoms with Gasteiger partial charge in [0.15, 0.2) is 11.5 Å². The van der Waals surface area contributed by atoms with Crippen LogP contribution in [0, 0.1) is 0 Å². The third kappa shape index (κ3) is 3.80. The fourth-order valence-electron chi connectivity index (χ4n) is 2.65. The molecular formula is C15H21ClN2O3. The summed E-state index contributed by atoms with van der Waals surface area (Å²) in [6.07, 6.45) is 0. The van der Waals surface area contributed by atoms with E-state index in [-0.39, 0.29) is 6.79 Å².